The maximum Gasteiger partial charge on any atom is 0.248 e. The standard InChI is InChI=1S/C18H23N5O/c1-22(2)13-20-17-8-6-15(11-14(17)12-19)21-18(24)9-7-16-5-4-10-23(16)3/h6-9,11,13,16H,4-5,10H2,1-3H3,(H,21,24)/b9-7+,20-13?/t16-/m1/s1. The highest BCUT2D eigenvalue weighted by atomic mass is 16.1. The fourth-order valence-electron chi connectivity index (χ4n) is 2.56. The lowest BCUT2D eigenvalue weighted by Gasteiger charge is -2.14. The van der Waals surface area contributed by atoms with Crippen molar-refractivity contribution in [1.82, 2.24) is 9.80 Å². The van der Waals surface area contributed by atoms with Gasteiger partial charge in [0.05, 0.1) is 17.6 Å². The van der Waals surface area contributed by atoms with Crippen molar-refractivity contribution >= 4 is 23.6 Å². The van der Waals surface area contributed by atoms with Gasteiger partial charge >= 0.3 is 0 Å². The van der Waals surface area contributed by atoms with Crippen molar-refractivity contribution < 1.29 is 4.79 Å². The molecule has 1 aliphatic heterocycles. The normalized spacial score (nSPS) is 18.2. The van der Waals surface area contributed by atoms with Crippen molar-refractivity contribution in [3.05, 3.63) is 35.9 Å². The lowest BCUT2D eigenvalue weighted by molar-refractivity contribution is -0.111. The molecule has 0 spiro atoms. The van der Waals surface area contributed by atoms with E-state index in [4.69, 9.17) is 0 Å². The van der Waals surface area contributed by atoms with E-state index in [0.717, 1.165) is 19.4 Å². The quantitative estimate of drug-likeness (QED) is 0.512. The molecule has 126 valence electrons. The number of rotatable bonds is 5. The van der Waals surface area contributed by atoms with E-state index in [0.29, 0.717) is 23.0 Å². The van der Waals surface area contributed by atoms with Gasteiger partial charge in [0, 0.05) is 31.9 Å². The second-order valence-corrected chi connectivity index (χ2v) is 6.09. The Morgan fingerprint density at radius 2 is 2.29 bits per heavy atom. The van der Waals surface area contributed by atoms with E-state index in [9.17, 15) is 10.1 Å². The highest BCUT2D eigenvalue weighted by Crippen LogP contribution is 2.22. The molecule has 6 nitrogen and oxygen atoms in total. The van der Waals surface area contributed by atoms with Crippen LogP contribution in [0.2, 0.25) is 0 Å². The summed E-state index contributed by atoms with van der Waals surface area (Å²) in [6.45, 7) is 1.07. The van der Waals surface area contributed by atoms with Gasteiger partial charge in [0.2, 0.25) is 5.91 Å². The molecule has 1 heterocycles. The van der Waals surface area contributed by atoms with Crippen LogP contribution in [0.15, 0.2) is 35.3 Å². The predicted octanol–water partition coefficient (Wildman–Crippen LogP) is 2.37. The summed E-state index contributed by atoms with van der Waals surface area (Å²) in [5, 5.41) is 12.0. The molecule has 0 bridgehead atoms. The lowest BCUT2D eigenvalue weighted by atomic mass is 10.1. The maximum atomic E-state index is 12.0. The van der Waals surface area contributed by atoms with Crippen LogP contribution >= 0.6 is 0 Å². The number of anilines is 1. The molecule has 1 atom stereocenters. The minimum absolute atomic E-state index is 0.191. The molecule has 2 rings (SSSR count). The van der Waals surface area contributed by atoms with Crippen LogP contribution in [0.1, 0.15) is 18.4 Å². The maximum absolute atomic E-state index is 12.0. The van der Waals surface area contributed by atoms with E-state index in [-0.39, 0.29) is 5.91 Å². The van der Waals surface area contributed by atoms with Crippen LogP contribution in [0.25, 0.3) is 0 Å². The van der Waals surface area contributed by atoms with E-state index >= 15 is 0 Å². The summed E-state index contributed by atoms with van der Waals surface area (Å²) in [7, 11) is 5.78. The van der Waals surface area contributed by atoms with Gasteiger partial charge in [-0.15, -0.1) is 0 Å². The number of aliphatic imine (C=N–C) groups is 1. The average molecular weight is 325 g/mol. The second kappa shape index (κ2) is 8.27. The first-order chi connectivity index (χ1) is 11.5. The van der Waals surface area contributed by atoms with Crippen molar-refractivity contribution in [2.75, 3.05) is 33.0 Å². The summed E-state index contributed by atoms with van der Waals surface area (Å²) in [5.41, 5.74) is 1.59. The summed E-state index contributed by atoms with van der Waals surface area (Å²) < 4.78 is 0. The highest BCUT2D eigenvalue weighted by Gasteiger charge is 2.17. The molecule has 1 aromatic carbocycles. The van der Waals surface area contributed by atoms with Gasteiger partial charge in [-0.1, -0.05) is 6.08 Å². The molecule has 1 saturated heterocycles. The Labute approximate surface area is 143 Å². The minimum atomic E-state index is -0.191. The lowest BCUT2D eigenvalue weighted by Crippen LogP contribution is -2.23. The van der Waals surface area contributed by atoms with Crippen LogP contribution in [0.4, 0.5) is 11.4 Å². The van der Waals surface area contributed by atoms with E-state index in [1.54, 1.807) is 35.5 Å². The van der Waals surface area contributed by atoms with Crippen LogP contribution in [0.3, 0.4) is 0 Å². The van der Waals surface area contributed by atoms with Gasteiger partial charge in [-0.05, 0) is 44.6 Å². The van der Waals surface area contributed by atoms with Gasteiger partial charge in [-0.2, -0.15) is 5.26 Å². The van der Waals surface area contributed by atoms with Crippen molar-refractivity contribution in [2.24, 2.45) is 4.99 Å². The summed E-state index contributed by atoms with van der Waals surface area (Å²) in [5.74, 6) is -0.191. The molecule has 1 fully saturated rings. The fourth-order valence-corrected chi connectivity index (χ4v) is 2.56. The third kappa shape index (κ3) is 4.93. The Morgan fingerprint density at radius 1 is 1.50 bits per heavy atom. The molecule has 0 aliphatic carbocycles. The van der Waals surface area contributed by atoms with Gasteiger partial charge in [-0.25, -0.2) is 4.99 Å². The van der Waals surface area contributed by atoms with Gasteiger partial charge in [0.1, 0.15) is 6.07 Å². The van der Waals surface area contributed by atoms with Crippen LogP contribution in [-0.2, 0) is 4.79 Å². The summed E-state index contributed by atoms with van der Waals surface area (Å²) >= 11 is 0. The molecule has 1 amide bonds. The molecular weight excluding hydrogens is 302 g/mol. The Bertz CT molecular complexity index is 687. The number of nitrogens with zero attached hydrogens (tertiary/aromatic N) is 4. The van der Waals surface area contributed by atoms with Crippen LogP contribution in [0.5, 0.6) is 0 Å². The Hall–Kier alpha value is -2.65. The third-order valence-electron chi connectivity index (χ3n) is 3.86. The molecule has 24 heavy (non-hydrogen) atoms. The third-order valence-corrected chi connectivity index (χ3v) is 3.86. The van der Waals surface area contributed by atoms with Crippen LogP contribution in [-0.4, -0.2) is 55.8 Å². The molecule has 0 unspecified atom stereocenters. The molecule has 0 saturated carbocycles. The van der Waals surface area contributed by atoms with Crippen molar-refractivity contribution in [3.63, 3.8) is 0 Å². The molecule has 0 radical (unpaired) electrons. The number of carbonyl (C=O) groups excluding carboxylic acids is 1. The number of benzene rings is 1. The molecule has 1 N–H and O–H groups in total. The zero-order valence-corrected chi connectivity index (χ0v) is 14.4. The van der Waals surface area contributed by atoms with Crippen molar-refractivity contribution in [2.45, 2.75) is 18.9 Å². The molecule has 1 aromatic rings. The summed E-state index contributed by atoms with van der Waals surface area (Å²) in [4.78, 5) is 20.3. The number of hydrogen-bond donors (Lipinski definition) is 1. The van der Waals surface area contributed by atoms with E-state index in [1.807, 2.05) is 20.2 Å². The van der Waals surface area contributed by atoms with Crippen LogP contribution < -0.4 is 5.32 Å². The number of carbonyl (C=O) groups is 1. The number of nitrogens with one attached hydrogen (secondary N) is 1. The fraction of sp³-hybridized carbons (Fsp3) is 0.389. The number of nitriles is 1. The number of hydrogen-bond acceptors (Lipinski definition) is 4. The molecule has 6 heteroatoms. The Morgan fingerprint density at radius 3 is 2.92 bits per heavy atom. The number of likely N-dealkylation sites (tertiary alicyclic amines) is 1. The largest absolute Gasteiger partial charge is 0.369 e. The van der Waals surface area contributed by atoms with Crippen molar-refractivity contribution in [3.8, 4) is 6.07 Å². The molecule has 0 aromatic heterocycles. The monoisotopic (exact) mass is 325 g/mol. The first kappa shape index (κ1) is 17.7. The highest BCUT2D eigenvalue weighted by molar-refractivity contribution is 5.99. The first-order valence-electron chi connectivity index (χ1n) is 7.94. The average Bonchev–Trinajstić information content (AvgIpc) is 2.96. The SMILES string of the molecule is CN(C)C=Nc1ccc(NC(=O)/C=C/[C@H]2CCCN2C)cc1C#N. The van der Waals surface area contributed by atoms with Gasteiger partial charge < -0.3 is 10.2 Å². The second-order valence-electron chi connectivity index (χ2n) is 6.09. The Balaban J connectivity index is 2.03. The van der Waals surface area contributed by atoms with Crippen LogP contribution in [0, 0.1) is 11.3 Å². The summed E-state index contributed by atoms with van der Waals surface area (Å²) in [6, 6.07) is 7.54. The minimum Gasteiger partial charge on any atom is -0.369 e. The van der Waals surface area contributed by atoms with Gasteiger partial charge in [-0.3, -0.25) is 9.69 Å². The van der Waals surface area contributed by atoms with Crippen molar-refractivity contribution in [1.29, 1.82) is 5.26 Å². The Kier molecular flexibility index (Phi) is 6.10. The topological polar surface area (TPSA) is 71.7 Å². The summed E-state index contributed by atoms with van der Waals surface area (Å²) in [6.07, 6.45) is 7.38. The smallest absolute Gasteiger partial charge is 0.248 e. The van der Waals surface area contributed by atoms with E-state index in [1.165, 1.54) is 0 Å². The molecule has 1 aliphatic rings. The number of amides is 1. The van der Waals surface area contributed by atoms with Gasteiger partial charge in [0.15, 0.2) is 0 Å². The zero-order chi connectivity index (χ0) is 17.5. The van der Waals surface area contributed by atoms with E-state index in [2.05, 4.69) is 28.3 Å². The zero-order valence-electron chi connectivity index (χ0n) is 14.4. The molecular formula is C18H23N5O. The first-order valence-corrected chi connectivity index (χ1v) is 7.94. The van der Waals surface area contributed by atoms with E-state index < -0.39 is 0 Å². The van der Waals surface area contributed by atoms with Gasteiger partial charge in [0.25, 0.3) is 0 Å². The predicted molar refractivity (Wildman–Crippen MR) is 96.4 cm³/mol. The number of likely N-dealkylation sites (N-methyl/N-ethyl adjacent to an activating group) is 1.